The van der Waals surface area contributed by atoms with Gasteiger partial charge in [0, 0.05) is 25.7 Å². The van der Waals surface area contributed by atoms with Crippen LogP contribution in [0.25, 0.3) is 0 Å². The predicted molar refractivity (Wildman–Crippen MR) is 93.5 cm³/mol. The Morgan fingerprint density at radius 1 is 1.04 bits per heavy atom. The van der Waals surface area contributed by atoms with Gasteiger partial charge < -0.3 is 15.4 Å². The fourth-order valence-electron chi connectivity index (χ4n) is 2.27. The Bertz CT molecular complexity index is 636. The number of hydrogen-bond donors (Lipinski definition) is 2. The molecule has 2 N–H and O–H groups in total. The van der Waals surface area contributed by atoms with Gasteiger partial charge in [0.15, 0.2) is 0 Å². The summed E-state index contributed by atoms with van der Waals surface area (Å²) in [4.78, 5) is 11.1. The van der Waals surface area contributed by atoms with E-state index in [1.807, 2.05) is 50.2 Å². The summed E-state index contributed by atoms with van der Waals surface area (Å²) in [5, 5.41) is 6.20. The average Bonchev–Trinajstić information content (AvgIpc) is 2.48. The lowest BCUT2D eigenvalue weighted by Gasteiger charge is -2.11. The molecule has 23 heavy (non-hydrogen) atoms. The molecule has 4 heteroatoms. The summed E-state index contributed by atoms with van der Waals surface area (Å²) < 4.78 is 5.63. The molecule has 0 aromatic heterocycles. The Kier molecular flexibility index (Phi) is 6.18. The van der Waals surface area contributed by atoms with Crippen LogP contribution in [0.3, 0.4) is 0 Å². The molecule has 0 aliphatic heterocycles. The number of anilines is 1. The summed E-state index contributed by atoms with van der Waals surface area (Å²) in [6.07, 6.45) is 0.190. The van der Waals surface area contributed by atoms with Gasteiger partial charge in [0.2, 0.25) is 5.91 Å². The topological polar surface area (TPSA) is 50.4 Å². The molecule has 4 nitrogen and oxygen atoms in total. The fraction of sp³-hybridized carbons (Fsp3) is 0.316. The minimum atomic E-state index is -0.0567. The standard InChI is InChI=1S/C19H24N2O2/c1-14(2)23-19-9-7-16(8-10-19)12-20-13-17-5-4-6-18(11-17)21-15(3)22/h4-11,14,20H,12-13H2,1-3H3,(H,21,22). The lowest BCUT2D eigenvalue weighted by Crippen LogP contribution is -2.13. The maximum Gasteiger partial charge on any atom is 0.221 e. The first-order valence-electron chi connectivity index (χ1n) is 7.86. The van der Waals surface area contributed by atoms with Crippen LogP contribution in [-0.2, 0) is 17.9 Å². The molecule has 122 valence electrons. The predicted octanol–water partition coefficient (Wildman–Crippen LogP) is 3.72. The average molecular weight is 312 g/mol. The van der Waals surface area contributed by atoms with Crippen LogP contribution in [0.2, 0.25) is 0 Å². The zero-order valence-electron chi connectivity index (χ0n) is 13.9. The van der Waals surface area contributed by atoms with E-state index in [2.05, 4.69) is 22.8 Å². The van der Waals surface area contributed by atoms with Crippen molar-refractivity contribution in [2.24, 2.45) is 0 Å². The van der Waals surface area contributed by atoms with Gasteiger partial charge in [0.1, 0.15) is 5.75 Å². The highest BCUT2D eigenvalue weighted by Gasteiger charge is 2.00. The summed E-state index contributed by atoms with van der Waals surface area (Å²) in [5.41, 5.74) is 3.17. The van der Waals surface area contributed by atoms with Crippen molar-refractivity contribution in [1.29, 1.82) is 0 Å². The quantitative estimate of drug-likeness (QED) is 0.819. The van der Waals surface area contributed by atoms with Crippen molar-refractivity contribution < 1.29 is 9.53 Å². The van der Waals surface area contributed by atoms with Crippen LogP contribution in [0.4, 0.5) is 5.69 Å². The zero-order chi connectivity index (χ0) is 16.7. The molecule has 2 aromatic carbocycles. The molecule has 2 aromatic rings. The molecular weight excluding hydrogens is 288 g/mol. The van der Waals surface area contributed by atoms with E-state index in [9.17, 15) is 4.79 Å². The molecule has 0 spiro atoms. The number of ether oxygens (including phenoxy) is 1. The SMILES string of the molecule is CC(=O)Nc1cccc(CNCc2ccc(OC(C)C)cc2)c1. The van der Waals surface area contributed by atoms with Gasteiger partial charge in [-0.25, -0.2) is 0 Å². The monoisotopic (exact) mass is 312 g/mol. The third-order valence-corrected chi connectivity index (χ3v) is 3.20. The number of benzene rings is 2. The van der Waals surface area contributed by atoms with Crippen molar-refractivity contribution in [1.82, 2.24) is 5.32 Å². The summed E-state index contributed by atoms with van der Waals surface area (Å²) in [5.74, 6) is 0.838. The van der Waals surface area contributed by atoms with Gasteiger partial charge in [-0.15, -0.1) is 0 Å². The van der Waals surface area contributed by atoms with E-state index in [0.29, 0.717) is 0 Å². The Hall–Kier alpha value is -2.33. The molecule has 0 unspecified atom stereocenters. The Morgan fingerprint density at radius 3 is 2.39 bits per heavy atom. The highest BCUT2D eigenvalue weighted by molar-refractivity contribution is 5.88. The summed E-state index contributed by atoms with van der Waals surface area (Å²) in [7, 11) is 0. The molecule has 1 amide bonds. The Labute approximate surface area is 137 Å². The minimum absolute atomic E-state index is 0.0567. The largest absolute Gasteiger partial charge is 0.491 e. The lowest BCUT2D eigenvalue weighted by atomic mass is 10.2. The van der Waals surface area contributed by atoms with Gasteiger partial charge in [0.05, 0.1) is 6.10 Å². The molecule has 0 aliphatic carbocycles. The maximum atomic E-state index is 11.1. The molecule has 0 fully saturated rings. The highest BCUT2D eigenvalue weighted by Crippen LogP contribution is 2.14. The first-order chi connectivity index (χ1) is 11.0. The summed E-state index contributed by atoms with van der Waals surface area (Å²) >= 11 is 0. The molecule has 2 rings (SSSR count). The second-order valence-electron chi connectivity index (χ2n) is 5.80. The van der Waals surface area contributed by atoms with E-state index in [1.165, 1.54) is 12.5 Å². The van der Waals surface area contributed by atoms with E-state index in [1.54, 1.807) is 0 Å². The van der Waals surface area contributed by atoms with E-state index in [-0.39, 0.29) is 12.0 Å². The van der Waals surface area contributed by atoms with Gasteiger partial charge in [-0.1, -0.05) is 24.3 Å². The molecule has 0 saturated heterocycles. The van der Waals surface area contributed by atoms with Gasteiger partial charge in [-0.2, -0.15) is 0 Å². The first kappa shape index (κ1) is 17.0. The number of carbonyl (C=O) groups excluding carboxylic acids is 1. The van der Waals surface area contributed by atoms with Crippen LogP contribution in [0.15, 0.2) is 48.5 Å². The van der Waals surface area contributed by atoms with Gasteiger partial charge in [0.25, 0.3) is 0 Å². The third kappa shape index (κ3) is 6.12. The minimum Gasteiger partial charge on any atom is -0.491 e. The van der Waals surface area contributed by atoms with Crippen LogP contribution in [-0.4, -0.2) is 12.0 Å². The molecule has 0 bridgehead atoms. The van der Waals surface area contributed by atoms with E-state index in [4.69, 9.17) is 4.74 Å². The Morgan fingerprint density at radius 2 is 1.74 bits per heavy atom. The van der Waals surface area contributed by atoms with Gasteiger partial charge >= 0.3 is 0 Å². The van der Waals surface area contributed by atoms with Crippen LogP contribution >= 0.6 is 0 Å². The van der Waals surface area contributed by atoms with Crippen molar-refractivity contribution in [3.05, 3.63) is 59.7 Å². The van der Waals surface area contributed by atoms with Crippen LogP contribution in [0.5, 0.6) is 5.75 Å². The summed E-state index contributed by atoms with van der Waals surface area (Å²) in [6.45, 7) is 7.08. The molecule has 0 heterocycles. The van der Waals surface area contributed by atoms with Crippen LogP contribution < -0.4 is 15.4 Å². The second-order valence-corrected chi connectivity index (χ2v) is 5.80. The number of carbonyl (C=O) groups is 1. The first-order valence-corrected chi connectivity index (χ1v) is 7.86. The van der Waals surface area contributed by atoms with Crippen molar-refractivity contribution in [3.63, 3.8) is 0 Å². The second kappa shape index (κ2) is 8.34. The normalized spacial score (nSPS) is 10.6. The van der Waals surface area contributed by atoms with Crippen molar-refractivity contribution >= 4 is 11.6 Å². The smallest absolute Gasteiger partial charge is 0.221 e. The molecule has 0 saturated carbocycles. The van der Waals surface area contributed by atoms with E-state index < -0.39 is 0 Å². The maximum absolute atomic E-state index is 11.1. The number of rotatable bonds is 7. The molecule has 0 radical (unpaired) electrons. The molecular formula is C19H24N2O2. The molecule has 0 aliphatic rings. The zero-order valence-corrected chi connectivity index (χ0v) is 13.9. The van der Waals surface area contributed by atoms with E-state index >= 15 is 0 Å². The van der Waals surface area contributed by atoms with Crippen molar-refractivity contribution in [3.8, 4) is 5.75 Å². The number of hydrogen-bond acceptors (Lipinski definition) is 3. The van der Waals surface area contributed by atoms with Gasteiger partial charge in [-0.05, 0) is 49.2 Å². The van der Waals surface area contributed by atoms with Crippen molar-refractivity contribution in [2.45, 2.75) is 40.0 Å². The van der Waals surface area contributed by atoms with Gasteiger partial charge in [-0.3, -0.25) is 4.79 Å². The van der Waals surface area contributed by atoms with Crippen LogP contribution in [0, 0.1) is 0 Å². The number of nitrogens with one attached hydrogen (secondary N) is 2. The van der Waals surface area contributed by atoms with E-state index in [0.717, 1.165) is 30.1 Å². The lowest BCUT2D eigenvalue weighted by molar-refractivity contribution is -0.114. The third-order valence-electron chi connectivity index (χ3n) is 3.20. The van der Waals surface area contributed by atoms with Crippen LogP contribution in [0.1, 0.15) is 31.9 Å². The highest BCUT2D eigenvalue weighted by atomic mass is 16.5. The fourth-order valence-corrected chi connectivity index (χ4v) is 2.27. The summed E-state index contributed by atoms with van der Waals surface area (Å²) in [6, 6.07) is 16.0. The number of amides is 1. The molecule has 0 atom stereocenters. The Balaban J connectivity index is 1.83. The van der Waals surface area contributed by atoms with Crippen molar-refractivity contribution in [2.75, 3.05) is 5.32 Å².